The van der Waals surface area contributed by atoms with Gasteiger partial charge >= 0.3 is 6.03 Å². The zero-order valence-electron chi connectivity index (χ0n) is 15.6. The average Bonchev–Trinajstić information content (AvgIpc) is 2.64. The van der Waals surface area contributed by atoms with Crippen LogP contribution in [0.5, 0.6) is 0 Å². The van der Waals surface area contributed by atoms with Gasteiger partial charge in [0.15, 0.2) is 0 Å². The van der Waals surface area contributed by atoms with E-state index in [4.69, 9.17) is 0 Å². The summed E-state index contributed by atoms with van der Waals surface area (Å²) < 4.78 is 27.2. The number of amides is 2. The lowest BCUT2D eigenvalue weighted by molar-refractivity contribution is 0.262. The Balaban J connectivity index is 1.68. The van der Waals surface area contributed by atoms with E-state index in [2.05, 4.69) is 10.6 Å². The number of anilines is 2. The lowest BCUT2D eigenvalue weighted by Crippen LogP contribution is -2.41. The van der Waals surface area contributed by atoms with Gasteiger partial charge in [0.1, 0.15) is 0 Å². The maximum absolute atomic E-state index is 12.8. The maximum atomic E-state index is 12.8. The zero-order valence-corrected chi connectivity index (χ0v) is 16.4. The molecule has 3 rings (SSSR count). The van der Waals surface area contributed by atoms with Crippen LogP contribution in [0.2, 0.25) is 0 Å². The Bertz CT molecular complexity index is 910. The molecule has 0 radical (unpaired) electrons. The molecular weight excluding hydrogens is 362 g/mol. The fourth-order valence-electron chi connectivity index (χ4n) is 3.27. The number of hydrogen-bond donors (Lipinski definition) is 2. The molecule has 0 aromatic heterocycles. The van der Waals surface area contributed by atoms with E-state index in [0.29, 0.717) is 12.2 Å². The number of aryl methyl sites for hydroxylation is 1. The fraction of sp³-hybridized carbons (Fsp3) is 0.350. The number of sulfonamides is 1. The van der Waals surface area contributed by atoms with Crippen LogP contribution in [0.1, 0.15) is 31.7 Å². The van der Waals surface area contributed by atoms with Crippen molar-refractivity contribution in [2.75, 3.05) is 17.2 Å². The third kappa shape index (κ3) is 4.48. The minimum Gasteiger partial charge on any atom is -0.308 e. The number of carbonyl (C=O) groups excluding carboxylic acids is 1. The van der Waals surface area contributed by atoms with Crippen LogP contribution in [0.3, 0.4) is 0 Å². The smallest absolute Gasteiger partial charge is 0.308 e. The first kappa shape index (κ1) is 19.4. The maximum Gasteiger partial charge on any atom is 0.323 e. The summed E-state index contributed by atoms with van der Waals surface area (Å²) in [5, 5.41) is 5.51. The van der Waals surface area contributed by atoms with E-state index >= 15 is 0 Å². The summed E-state index contributed by atoms with van der Waals surface area (Å²) in [4.78, 5) is 12.4. The van der Waals surface area contributed by atoms with E-state index in [0.717, 1.165) is 30.5 Å². The van der Waals surface area contributed by atoms with Gasteiger partial charge < -0.3 is 10.6 Å². The van der Waals surface area contributed by atoms with Crippen LogP contribution in [0, 0.1) is 6.92 Å². The summed E-state index contributed by atoms with van der Waals surface area (Å²) in [6, 6.07) is 13.4. The van der Waals surface area contributed by atoms with Crippen molar-refractivity contribution in [1.29, 1.82) is 0 Å². The summed E-state index contributed by atoms with van der Waals surface area (Å²) in [6.45, 7) is 4.42. The van der Waals surface area contributed by atoms with Crippen molar-refractivity contribution in [3.05, 3.63) is 54.1 Å². The third-order valence-corrected chi connectivity index (χ3v) is 6.88. The fourth-order valence-corrected chi connectivity index (χ4v) is 4.97. The van der Waals surface area contributed by atoms with Gasteiger partial charge in [-0.3, -0.25) is 0 Å². The van der Waals surface area contributed by atoms with Crippen LogP contribution >= 0.6 is 0 Å². The van der Waals surface area contributed by atoms with Gasteiger partial charge in [-0.25, -0.2) is 13.2 Å². The van der Waals surface area contributed by atoms with Crippen molar-refractivity contribution in [2.24, 2.45) is 0 Å². The van der Waals surface area contributed by atoms with E-state index < -0.39 is 10.0 Å². The number of rotatable bonds is 4. The van der Waals surface area contributed by atoms with E-state index in [1.165, 1.54) is 0 Å². The van der Waals surface area contributed by atoms with Crippen LogP contribution in [-0.2, 0) is 10.0 Å². The lowest BCUT2D eigenvalue weighted by Gasteiger charge is -2.32. The summed E-state index contributed by atoms with van der Waals surface area (Å²) in [7, 11) is -3.51. The van der Waals surface area contributed by atoms with Crippen LogP contribution in [0.4, 0.5) is 16.2 Å². The van der Waals surface area contributed by atoms with Crippen LogP contribution < -0.4 is 10.6 Å². The largest absolute Gasteiger partial charge is 0.323 e. The zero-order chi connectivity index (χ0) is 19.4. The second kappa shape index (κ2) is 8.10. The molecule has 1 heterocycles. The standard InChI is InChI=1S/C20H25N3O3S/c1-15-7-3-4-9-19(15)22-20(24)21-17-10-12-18(13-11-17)27(25,26)23-14-6-5-8-16(23)2/h3-4,7,9-13,16H,5-6,8,14H2,1-2H3,(H2,21,22,24). The predicted molar refractivity (Wildman–Crippen MR) is 107 cm³/mol. The number of hydrogen-bond acceptors (Lipinski definition) is 3. The molecule has 0 spiro atoms. The molecule has 0 aliphatic carbocycles. The number of nitrogens with one attached hydrogen (secondary N) is 2. The Labute approximate surface area is 160 Å². The summed E-state index contributed by atoms with van der Waals surface area (Å²) in [6.07, 6.45) is 2.84. The van der Waals surface area contributed by atoms with Gasteiger partial charge in [-0.1, -0.05) is 24.6 Å². The van der Waals surface area contributed by atoms with Crippen molar-refractivity contribution in [3.8, 4) is 0 Å². The van der Waals surface area contributed by atoms with Gasteiger partial charge in [0.2, 0.25) is 10.0 Å². The van der Waals surface area contributed by atoms with Gasteiger partial charge in [-0.15, -0.1) is 0 Å². The van der Waals surface area contributed by atoms with Crippen molar-refractivity contribution in [3.63, 3.8) is 0 Å². The van der Waals surface area contributed by atoms with E-state index in [1.807, 2.05) is 38.1 Å². The Morgan fingerprint density at radius 2 is 1.74 bits per heavy atom. The molecule has 1 unspecified atom stereocenters. The molecule has 2 aromatic carbocycles. The van der Waals surface area contributed by atoms with Gasteiger partial charge in [0, 0.05) is 24.0 Å². The molecule has 1 aliphatic heterocycles. The minimum atomic E-state index is -3.51. The molecule has 0 saturated carbocycles. The molecular formula is C20H25N3O3S. The number of piperidine rings is 1. The Hall–Kier alpha value is -2.38. The van der Waals surface area contributed by atoms with Crippen LogP contribution in [0.15, 0.2) is 53.4 Å². The van der Waals surface area contributed by atoms with Gasteiger partial charge in [-0.05, 0) is 62.6 Å². The van der Waals surface area contributed by atoms with Crippen molar-refractivity contribution >= 4 is 27.4 Å². The SMILES string of the molecule is Cc1ccccc1NC(=O)Nc1ccc(S(=O)(=O)N2CCCCC2C)cc1. The molecule has 1 atom stereocenters. The minimum absolute atomic E-state index is 0.0152. The van der Waals surface area contributed by atoms with Gasteiger partial charge in [0.05, 0.1) is 4.90 Å². The molecule has 1 saturated heterocycles. The monoisotopic (exact) mass is 387 g/mol. The second-order valence-corrected chi connectivity index (χ2v) is 8.77. The Morgan fingerprint density at radius 3 is 2.41 bits per heavy atom. The van der Waals surface area contributed by atoms with Gasteiger partial charge in [0.25, 0.3) is 0 Å². The molecule has 2 N–H and O–H groups in total. The van der Waals surface area contributed by atoms with Gasteiger partial charge in [-0.2, -0.15) is 4.31 Å². The number of benzene rings is 2. The molecule has 1 aliphatic rings. The highest BCUT2D eigenvalue weighted by Crippen LogP contribution is 2.26. The third-order valence-electron chi connectivity index (χ3n) is 4.85. The molecule has 2 amide bonds. The van der Waals surface area contributed by atoms with E-state index in [1.54, 1.807) is 28.6 Å². The highest BCUT2D eigenvalue weighted by atomic mass is 32.2. The number of urea groups is 1. The molecule has 0 bridgehead atoms. The second-order valence-electron chi connectivity index (χ2n) is 6.88. The normalized spacial score (nSPS) is 18.1. The highest BCUT2D eigenvalue weighted by molar-refractivity contribution is 7.89. The topological polar surface area (TPSA) is 78.5 Å². The van der Waals surface area contributed by atoms with Crippen LogP contribution in [-0.4, -0.2) is 31.3 Å². The Kier molecular flexibility index (Phi) is 5.82. The summed E-state index contributed by atoms with van der Waals surface area (Å²) >= 11 is 0. The number of nitrogens with zero attached hydrogens (tertiary/aromatic N) is 1. The summed E-state index contributed by atoms with van der Waals surface area (Å²) in [5.41, 5.74) is 2.23. The quantitative estimate of drug-likeness (QED) is 0.825. The average molecular weight is 388 g/mol. The van der Waals surface area contributed by atoms with Crippen molar-refractivity contribution in [2.45, 2.75) is 44.0 Å². The number of carbonyl (C=O) groups is 1. The first-order chi connectivity index (χ1) is 12.9. The predicted octanol–water partition coefficient (Wildman–Crippen LogP) is 4.20. The summed E-state index contributed by atoms with van der Waals surface area (Å²) in [5.74, 6) is 0. The molecule has 7 heteroatoms. The molecule has 1 fully saturated rings. The van der Waals surface area contributed by atoms with E-state index in [9.17, 15) is 13.2 Å². The first-order valence-electron chi connectivity index (χ1n) is 9.13. The van der Waals surface area contributed by atoms with Crippen molar-refractivity contribution < 1.29 is 13.2 Å². The number of para-hydroxylation sites is 1. The van der Waals surface area contributed by atoms with E-state index in [-0.39, 0.29) is 17.0 Å². The first-order valence-corrected chi connectivity index (χ1v) is 10.6. The molecule has 27 heavy (non-hydrogen) atoms. The highest BCUT2D eigenvalue weighted by Gasteiger charge is 2.30. The molecule has 6 nitrogen and oxygen atoms in total. The van der Waals surface area contributed by atoms with Crippen molar-refractivity contribution in [1.82, 2.24) is 4.31 Å². The Morgan fingerprint density at radius 1 is 1.04 bits per heavy atom. The molecule has 144 valence electrons. The van der Waals surface area contributed by atoms with Crippen LogP contribution in [0.25, 0.3) is 0 Å². The molecule has 2 aromatic rings. The lowest BCUT2D eigenvalue weighted by atomic mass is 10.1.